The number of hydrogen-bond donors (Lipinski definition) is 1. The van der Waals surface area contributed by atoms with Crippen molar-refractivity contribution in [1.29, 1.82) is 0 Å². The lowest BCUT2D eigenvalue weighted by Gasteiger charge is -2.27. The third-order valence-corrected chi connectivity index (χ3v) is 9.55. The van der Waals surface area contributed by atoms with Crippen molar-refractivity contribution in [3.63, 3.8) is 0 Å². The van der Waals surface area contributed by atoms with Crippen molar-refractivity contribution < 1.29 is 33.7 Å². The molecule has 0 aliphatic carbocycles. The fourth-order valence-corrected chi connectivity index (χ4v) is 7.63. The Labute approximate surface area is 207 Å². The Morgan fingerprint density at radius 1 is 0.657 bits per heavy atom. The van der Waals surface area contributed by atoms with Crippen LogP contribution in [0, 0.1) is 17.2 Å². The summed E-state index contributed by atoms with van der Waals surface area (Å²) in [5, 5.41) is 7.03. The zero-order chi connectivity index (χ0) is 25.3. The number of carbonyl (C=O) groups is 1. The molecule has 0 atom stereocenters. The molecule has 8 heteroatoms. The lowest BCUT2D eigenvalue weighted by atomic mass is 10.1. The summed E-state index contributed by atoms with van der Waals surface area (Å²) < 4.78 is 34.0. The molecule has 4 aromatic carbocycles. The van der Waals surface area contributed by atoms with E-state index in [1.807, 2.05) is 49.4 Å². The number of hydrogen-bond acceptors (Lipinski definition) is 5. The van der Waals surface area contributed by atoms with Crippen LogP contribution in [-0.4, -0.2) is 12.2 Å². The fourth-order valence-electron chi connectivity index (χ4n) is 3.77. The lowest BCUT2D eigenvalue weighted by molar-refractivity contribution is -2.00. The van der Waals surface area contributed by atoms with Gasteiger partial charge in [-0.3, -0.25) is 4.79 Å². The quantitative estimate of drug-likeness (QED) is 0.364. The van der Waals surface area contributed by atoms with Gasteiger partial charge in [-0.25, -0.2) is 18.6 Å². The third kappa shape index (κ3) is 7.44. The molecule has 0 unspecified atom stereocenters. The topological polar surface area (TPSA) is 121 Å². The monoisotopic (exact) mass is 509 g/mol. The van der Waals surface area contributed by atoms with Crippen LogP contribution < -0.4 is 39.9 Å². The zero-order valence-electron chi connectivity index (χ0n) is 19.0. The maximum absolute atomic E-state index is 13.0. The molecule has 35 heavy (non-hydrogen) atoms. The van der Waals surface area contributed by atoms with E-state index in [2.05, 4.69) is 78.1 Å². The summed E-state index contributed by atoms with van der Waals surface area (Å²) in [5.41, 5.74) is 1.83. The molecule has 0 aromatic heterocycles. The summed E-state index contributed by atoms with van der Waals surface area (Å²) in [5.74, 6) is -0.0397. The van der Waals surface area contributed by atoms with Gasteiger partial charge in [-0.15, -0.1) is 10.2 Å². The number of rotatable bonds is 6. The van der Waals surface area contributed by atoms with E-state index in [9.17, 15) is 4.79 Å². The van der Waals surface area contributed by atoms with E-state index in [1.165, 1.54) is 15.9 Å². The number of carbonyl (C=O) groups excluding carboxylic acids is 1. The molecule has 0 bridgehead atoms. The molecule has 0 radical (unpaired) electrons. The number of aryl methyl sites for hydroxylation is 1. The van der Waals surface area contributed by atoms with Gasteiger partial charge in [0, 0.05) is 5.56 Å². The minimum atomic E-state index is -4.94. The molecule has 180 valence electrons. The highest BCUT2D eigenvalue weighted by Crippen LogP contribution is 2.54. The number of benzene rings is 4. The lowest BCUT2D eigenvalue weighted by Crippen LogP contribution is -2.68. The van der Waals surface area contributed by atoms with Crippen molar-refractivity contribution in [2.24, 2.45) is 0 Å². The highest BCUT2D eigenvalue weighted by atomic mass is 35.7. The first-order valence-electron chi connectivity index (χ1n) is 10.7. The molecule has 4 aromatic rings. The van der Waals surface area contributed by atoms with Gasteiger partial charge in [0.25, 0.3) is 5.91 Å². The Hall–Kier alpha value is -3.09. The molecule has 0 aliphatic rings. The van der Waals surface area contributed by atoms with Crippen LogP contribution in [0.5, 0.6) is 0 Å². The van der Waals surface area contributed by atoms with Gasteiger partial charge in [0.15, 0.2) is 0 Å². The summed E-state index contributed by atoms with van der Waals surface area (Å²) in [4.78, 5) is 13.0. The van der Waals surface area contributed by atoms with Gasteiger partial charge in [-0.2, -0.15) is 0 Å². The second-order valence-electron chi connectivity index (χ2n) is 7.72. The second-order valence-corrected chi connectivity index (χ2v) is 12.0. The minimum Gasteiger partial charge on any atom is -0.319 e. The van der Waals surface area contributed by atoms with E-state index in [4.69, 9.17) is 18.6 Å². The first-order valence-corrected chi connectivity index (χ1v) is 13.9. The van der Waals surface area contributed by atoms with Crippen LogP contribution in [0.1, 0.15) is 15.9 Å². The Balaban J connectivity index is 0.000000623. The molecule has 0 heterocycles. The average Bonchev–Trinajstić information content (AvgIpc) is 2.86. The highest BCUT2D eigenvalue weighted by Gasteiger charge is 2.45. The Morgan fingerprint density at radius 2 is 1.00 bits per heavy atom. The Bertz CT molecular complexity index is 1100. The standard InChI is InChI=1S/C27H24NOP.ClHO4/c1-22-17-19-23(20-18-22)27(29)28-21-30(24-11-5-2-6-12-24,25-13-7-3-8-14-25)26-15-9-4-10-16-26;2-1(3,4)5/h2-20H,21H2,1H3;(H,2,3,4,5). The molecule has 6 nitrogen and oxygen atoms in total. The largest absolute Gasteiger partial charge is 0.319 e. The zero-order valence-corrected chi connectivity index (χ0v) is 20.7. The van der Waals surface area contributed by atoms with E-state index in [0.29, 0.717) is 11.8 Å². The normalized spacial score (nSPS) is 11.2. The molecule has 0 saturated heterocycles. The van der Waals surface area contributed by atoms with Crippen LogP contribution in [0.2, 0.25) is 0 Å². The molecular formula is C27H25ClNO5P. The molecule has 1 amide bonds. The molecule has 1 N–H and O–H groups in total. The highest BCUT2D eigenvalue weighted by molar-refractivity contribution is 7.95. The van der Waals surface area contributed by atoms with Crippen molar-refractivity contribution in [2.45, 2.75) is 6.92 Å². The van der Waals surface area contributed by atoms with Crippen LogP contribution >= 0.6 is 7.26 Å². The van der Waals surface area contributed by atoms with Crippen LogP contribution in [0.25, 0.3) is 0 Å². The van der Waals surface area contributed by atoms with Gasteiger partial charge in [-0.05, 0) is 55.5 Å². The van der Waals surface area contributed by atoms with Crippen molar-refractivity contribution in [2.75, 3.05) is 6.29 Å². The van der Waals surface area contributed by atoms with E-state index in [1.54, 1.807) is 0 Å². The van der Waals surface area contributed by atoms with Crippen LogP contribution in [0.15, 0.2) is 115 Å². The maximum atomic E-state index is 13.0. The predicted octanol–water partition coefficient (Wildman–Crippen LogP) is -0.0796. The first kappa shape index (κ1) is 26.5. The summed E-state index contributed by atoms with van der Waals surface area (Å²) >= 11 is 0. The maximum Gasteiger partial charge on any atom is 0.254 e. The summed E-state index contributed by atoms with van der Waals surface area (Å²) in [6.45, 7) is 2.03. The van der Waals surface area contributed by atoms with E-state index in [0.717, 1.165) is 5.56 Å². The van der Waals surface area contributed by atoms with Crippen molar-refractivity contribution in [3.8, 4) is 0 Å². The number of halogens is 1. The third-order valence-electron chi connectivity index (χ3n) is 5.38. The van der Waals surface area contributed by atoms with Crippen LogP contribution in [-0.2, 0) is 0 Å². The molecule has 4 rings (SSSR count). The van der Waals surface area contributed by atoms with Gasteiger partial charge in [0.05, 0.1) is 0 Å². The van der Waals surface area contributed by atoms with Crippen LogP contribution in [0.3, 0.4) is 0 Å². The van der Waals surface area contributed by atoms with Gasteiger partial charge >= 0.3 is 0 Å². The SMILES string of the molecule is Cc1ccc(C(=O)NC[P+](c2ccccc2)(c2ccccc2)c2ccccc2)cc1.[O-][Cl+3]([O-])([O-])[O-]. The van der Waals surface area contributed by atoms with E-state index < -0.39 is 17.5 Å². The number of amides is 1. The van der Waals surface area contributed by atoms with Crippen molar-refractivity contribution >= 4 is 29.1 Å². The molecular weight excluding hydrogens is 485 g/mol. The fraction of sp³-hybridized carbons (Fsp3) is 0.0741. The predicted molar refractivity (Wildman–Crippen MR) is 129 cm³/mol. The van der Waals surface area contributed by atoms with Crippen molar-refractivity contribution in [1.82, 2.24) is 5.32 Å². The minimum absolute atomic E-state index is 0.0397. The molecule has 0 aliphatic heterocycles. The second kappa shape index (κ2) is 12.0. The molecule has 0 spiro atoms. The van der Waals surface area contributed by atoms with E-state index in [-0.39, 0.29) is 5.91 Å². The summed E-state index contributed by atoms with van der Waals surface area (Å²) in [6, 6.07) is 39.5. The van der Waals surface area contributed by atoms with Gasteiger partial charge in [0.2, 0.25) is 0 Å². The number of nitrogens with one attached hydrogen (secondary N) is 1. The Kier molecular flexibility index (Phi) is 9.13. The van der Waals surface area contributed by atoms with Crippen molar-refractivity contribution in [3.05, 3.63) is 126 Å². The van der Waals surface area contributed by atoms with Crippen LogP contribution in [0.4, 0.5) is 0 Å². The van der Waals surface area contributed by atoms with Gasteiger partial charge < -0.3 is 5.32 Å². The van der Waals surface area contributed by atoms with E-state index >= 15 is 0 Å². The van der Waals surface area contributed by atoms with Gasteiger partial charge in [-0.1, -0.05) is 72.3 Å². The van der Waals surface area contributed by atoms with Gasteiger partial charge in [0.1, 0.15) is 29.5 Å². The first-order chi connectivity index (χ1) is 16.7. The smallest absolute Gasteiger partial charge is 0.254 e. The molecule has 0 saturated carbocycles. The average molecular weight is 510 g/mol. The summed E-state index contributed by atoms with van der Waals surface area (Å²) in [7, 11) is -7.01. The Morgan fingerprint density at radius 3 is 1.34 bits per heavy atom. The molecule has 0 fully saturated rings. The summed E-state index contributed by atoms with van der Waals surface area (Å²) in [6.07, 6.45) is 0.567.